The highest BCUT2D eigenvalue weighted by Gasteiger charge is 2.18. The van der Waals surface area contributed by atoms with Crippen LogP contribution in [0.25, 0.3) is 16.8 Å². The van der Waals surface area contributed by atoms with E-state index in [-0.39, 0.29) is 12.0 Å². The molecule has 0 radical (unpaired) electrons. The van der Waals surface area contributed by atoms with Gasteiger partial charge in [-0.2, -0.15) is 0 Å². The number of imidazole rings is 1. The van der Waals surface area contributed by atoms with Crippen LogP contribution < -0.4 is 5.32 Å². The Labute approximate surface area is 165 Å². The van der Waals surface area contributed by atoms with Gasteiger partial charge >= 0.3 is 0 Å². The number of benzene rings is 2. The Morgan fingerprint density at radius 3 is 2.57 bits per heavy atom. The first kappa shape index (κ1) is 18.4. The smallest absolute Gasteiger partial charge is 0.270 e. The van der Waals surface area contributed by atoms with Crippen LogP contribution in [0.1, 0.15) is 34.5 Å². The summed E-state index contributed by atoms with van der Waals surface area (Å²) in [5.74, 6) is -0.133. The summed E-state index contributed by atoms with van der Waals surface area (Å²) in [5.41, 5.74) is 6.28. The maximum atomic E-state index is 12.6. The molecule has 0 spiro atoms. The zero-order valence-corrected chi connectivity index (χ0v) is 16.3. The molecule has 5 heteroatoms. The van der Waals surface area contributed by atoms with Gasteiger partial charge in [-0.3, -0.25) is 9.36 Å². The molecule has 144 valence electrons. The number of rotatable bonds is 5. The van der Waals surface area contributed by atoms with Crippen molar-refractivity contribution < 1.29 is 9.53 Å². The van der Waals surface area contributed by atoms with Gasteiger partial charge < -0.3 is 10.1 Å². The van der Waals surface area contributed by atoms with E-state index in [9.17, 15) is 4.79 Å². The minimum atomic E-state index is -0.133. The Hall–Kier alpha value is -2.92. The zero-order chi connectivity index (χ0) is 19.5. The maximum Gasteiger partial charge on any atom is 0.270 e. The Kier molecular flexibility index (Phi) is 5.26. The lowest BCUT2D eigenvalue weighted by Crippen LogP contribution is -2.32. The van der Waals surface area contributed by atoms with Gasteiger partial charge in [-0.05, 0) is 49.9 Å². The van der Waals surface area contributed by atoms with E-state index in [1.165, 1.54) is 16.7 Å². The van der Waals surface area contributed by atoms with E-state index < -0.39 is 0 Å². The van der Waals surface area contributed by atoms with Crippen molar-refractivity contribution >= 4 is 5.91 Å². The molecule has 3 aromatic rings. The monoisotopic (exact) mass is 375 g/mol. The Bertz CT molecular complexity index is 950. The first-order chi connectivity index (χ1) is 13.6. The minimum absolute atomic E-state index is 0.123. The van der Waals surface area contributed by atoms with Crippen LogP contribution in [-0.2, 0) is 4.74 Å². The number of aromatic nitrogens is 2. The van der Waals surface area contributed by atoms with Gasteiger partial charge in [0.1, 0.15) is 5.69 Å². The molecule has 1 saturated heterocycles. The van der Waals surface area contributed by atoms with Crippen molar-refractivity contribution in [3.05, 3.63) is 71.8 Å². The van der Waals surface area contributed by atoms with Crippen LogP contribution in [0.15, 0.2) is 55.0 Å². The van der Waals surface area contributed by atoms with E-state index in [1.54, 1.807) is 12.5 Å². The summed E-state index contributed by atoms with van der Waals surface area (Å²) in [6.45, 7) is 5.54. The second-order valence-corrected chi connectivity index (χ2v) is 7.42. The van der Waals surface area contributed by atoms with Crippen LogP contribution in [0.5, 0.6) is 0 Å². The highest BCUT2D eigenvalue weighted by molar-refractivity contribution is 5.93. The molecule has 0 unspecified atom stereocenters. The van der Waals surface area contributed by atoms with Crippen LogP contribution >= 0.6 is 0 Å². The topological polar surface area (TPSA) is 56.2 Å². The predicted molar refractivity (Wildman–Crippen MR) is 110 cm³/mol. The van der Waals surface area contributed by atoms with Crippen molar-refractivity contribution in [2.45, 2.75) is 32.8 Å². The van der Waals surface area contributed by atoms with Crippen molar-refractivity contribution in [1.82, 2.24) is 14.9 Å². The van der Waals surface area contributed by atoms with E-state index >= 15 is 0 Å². The molecule has 5 nitrogen and oxygen atoms in total. The highest BCUT2D eigenvalue weighted by Crippen LogP contribution is 2.24. The summed E-state index contributed by atoms with van der Waals surface area (Å²) in [4.78, 5) is 16.8. The van der Waals surface area contributed by atoms with Gasteiger partial charge in [0.2, 0.25) is 0 Å². The fourth-order valence-corrected chi connectivity index (χ4v) is 3.73. The third-order valence-electron chi connectivity index (χ3n) is 5.09. The number of aryl methyl sites for hydroxylation is 2. The molecule has 4 rings (SSSR count). The average Bonchev–Trinajstić information content (AvgIpc) is 3.37. The van der Waals surface area contributed by atoms with Crippen molar-refractivity contribution in [2.24, 2.45) is 0 Å². The summed E-state index contributed by atoms with van der Waals surface area (Å²) >= 11 is 0. The minimum Gasteiger partial charge on any atom is -0.376 e. The molecule has 1 N–H and O–H groups in total. The molecule has 28 heavy (non-hydrogen) atoms. The summed E-state index contributed by atoms with van der Waals surface area (Å²) in [6, 6.07) is 14.7. The SMILES string of the molecule is Cc1cc(C)cc(-c2ccc(-n3cncc3C(=O)NC[C@H]3CCCO3)cc2)c1. The molecule has 1 aromatic heterocycles. The second kappa shape index (κ2) is 7.98. The molecular weight excluding hydrogens is 350 g/mol. The van der Waals surface area contributed by atoms with E-state index in [0.29, 0.717) is 12.2 Å². The third-order valence-corrected chi connectivity index (χ3v) is 5.09. The molecular formula is C23H25N3O2. The van der Waals surface area contributed by atoms with Crippen molar-refractivity contribution in [2.75, 3.05) is 13.2 Å². The standard InChI is InChI=1S/C23H25N3O2/c1-16-10-17(2)12-19(11-16)18-5-7-20(8-6-18)26-15-24-14-22(26)23(27)25-13-21-4-3-9-28-21/h5-8,10-12,14-15,21H,3-4,9,13H2,1-2H3,(H,25,27)/t21-/m1/s1. The fourth-order valence-electron chi connectivity index (χ4n) is 3.73. The second-order valence-electron chi connectivity index (χ2n) is 7.42. The molecule has 1 aliphatic rings. The zero-order valence-electron chi connectivity index (χ0n) is 16.3. The summed E-state index contributed by atoms with van der Waals surface area (Å²) in [7, 11) is 0. The van der Waals surface area contributed by atoms with Gasteiger partial charge in [0.05, 0.1) is 18.6 Å². The van der Waals surface area contributed by atoms with E-state index in [4.69, 9.17) is 4.74 Å². The van der Waals surface area contributed by atoms with Crippen molar-refractivity contribution in [3.63, 3.8) is 0 Å². The van der Waals surface area contributed by atoms with Gasteiger partial charge in [0.15, 0.2) is 0 Å². The van der Waals surface area contributed by atoms with Crippen LogP contribution in [0.4, 0.5) is 0 Å². The molecule has 1 atom stereocenters. The average molecular weight is 375 g/mol. The molecule has 2 heterocycles. The Morgan fingerprint density at radius 2 is 1.89 bits per heavy atom. The number of nitrogens with zero attached hydrogens (tertiary/aromatic N) is 2. The lowest BCUT2D eigenvalue weighted by molar-refractivity contribution is 0.0852. The van der Waals surface area contributed by atoms with E-state index in [0.717, 1.165) is 30.7 Å². The Morgan fingerprint density at radius 1 is 1.14 bits per heavy atom. The number of ether oxygens (including phenoxy) is 1. The van der Waals surface area contributed by atoms with Gasteiger partial charge in [-0.1, -0.05) is 41.5 Å². The van der Waals surface area contributed by atoms with Crippen molar-refractivity contribution in [3.8, 4) is 16.8 Å². The van der Waals surface area contributed by atoms with Crippen LogP contribution in [0.2, 0.25) is 0 Å². The fraction of sp³-hybridized carbons (Fsp3) is 0.304. The number of amides is 1. The first-order valence-corrected chi connectivity index (χ1v) is 9.71. The van der Waals surface area contributed by atoms with Crippen LogP contribution in [-0.4, -0.2) is 34.7 Å². The van der Waals surface area contributed by atoms with Crippen molar-refractivity contribution in [1.29, 1.82) is 0 Å². The summed E-state index contributed by atoms with van der Waals surface area (Å²) in [5, 5.41) is 2.96. The molecule has 1 aliphatic heterocycles. The molecule has 0 saturated carbocycles. The molecule has 1 amide bonds. The predicted octanol–water partition coefficient (Wildman–Crippen LogP) is 4.06. The molecule has 2 aromatic carbocycles. The quantitative estimate of drug-likeness (QED) is 0.731. The molecule has 0 aliphatic carbocycles. The third kappa shape index (κ3) is 3.99. The normalized spacial score (nSPS) is 16.3. The molecule has 0 bridgehead atoms. The lowest BCUT2D eigenvalue weighted by Gasteiger charge is -2.12. The number of hydrogen-bond acceptors (Lipinski definition) is 3. The number of hydrogen-bond donors (Lipinski definition) is 1. The lowest BCUT2D eigenvalue weighted by atomic mass is 10.0. The van der Waals surface area contributed by atoms with Crippen LogP contribution in [0, 0.1) is 13.8 Å². The summed E-state index contributed by atoms with van der Waals surface area (Å²) < 4.78 is 7.39. The number of carbonyl (C=O) groups is 1. The maximum absolute atomic E-state index is 12.6. The number of nitrogens with one attached hydrogen (secondary N) is 1. The summed E-state index contributed by atoms with van der Waals surface area (Å²) in [6.07, 6.45) is 5.46. The van der Waals surface area contributed by atoms with E-state index in [1.807, 2.05) is 16.7 Å². The van der Waals surface area contributed by atoms with Gasteiger partial charge in [0, 0.05) is 18.8 Å². The largest absolute Gasteiger partial charge is 0.376 e. The van der Waals surface area contributed by atoms with Crippen LogP contribution in [0.3, 0.4) is 0 Å². The van der Waals surface area contributed by atoms with E-state index in [2.05, 4.69) is 54.5 Å². The number of carbonyl (C=O) groups excluding carboxylic acids is 1. The molecule has 1 fully saturated rings. The van der Waals surface area contributed by atoms with Gasteiger partial charge in [0.25, 0.3) is 5.91 Å². The Balaban J connectivity index is 1.52. The van der Waals surface area contributed by atoms with Gasteiger partial charge in [-0.15, -0.1) is 0 Å². The highest BCUT2D eigenvalue weighted by atomic mass is 16.5. The van der Waals surface area contributed by atoms with Gasteiger partial charge in [-0.25, -0.2) is 4.98 Å². The first-order valence-electron chi connectivity index (χ1n) is 9.71.